The normalized spacial score (nSPS) is 9.64. The molecule has 0 saturated carbocycles. The van der Waals surface area contributed by atoms with E-state index in [-0.39, 0.29) is 23.6 Å². The van der Waals surface area contributed by atoms with E-state index in [2.05, 4.69) is 23.1 Å². The van der Waals surface area contributed by atoms with Gasteiger partial charge in [0, 0.05) is 29.1 Å². The Hall–Kier alpha value is -3.11. The minimum atomic E-state index is -0.567. The average molecular weight is 356 g/mol. The van der Waals surface area contributed by atoms with E-state index < -0.39 is 10.8 Å². The largest absolute Gasteiger partial charge is 0.349 e. The van der Waals surface area contributed by atoms with Crippen LogP contribution in [-0.4, -0.2) is 17.4 Å². The number of hydrogen-bond donors (Lipinski definition) is 1. The van der Waals surface area contributed by atoms with E-state index >= 15 is 0 Å². The van der Waals surface area contributed by atoms with Gasteiger partial charge in [0.15, 0.2) is 0 Å². The first-order chi connectivity index (χ1) is 12.0. The number of non-ortho nitro benzene ring substituents is 1. The van der Waals surface area contributed by atoms with Crippen molar-refractivity contribution in [1.29, 1.82) is 0 Å². The minimum absolute atomic E-state index is 0.162. The lowest BCUT2D eigenvalue weighted by Crippen LogP contribution is -2.23. The molecule has 0 aliphatic carbocycles. The number of carbonyl (C=O) groups is 1. The van der Waals surface area contributed by atoms with Gasteiger partial charge in [-0.2, -0.15) is 0 Å². The molecule has 0 spiro atoms. The number of hydrogen-bond acceptors (Lipinski definition) is 4. The molecule has 25 heavy (non-hydrogen) atoms. The smallest absolute Gasteiger partial charge is 0.270 e. The first kappa shape index (κ1) is 18.2. The van der Waals surface area contributed by atoms with Gasteiger partial charge < -0.3 is 5.32 Å². The summed E-state index contributed by atoms with van der Waals surface area (Å²) >= 11 is 1.06. The number of halogens is 1. The molecule has 0 radical (unpaired) electrons. The first-order valence-corrected chi connectivity index (χ1v) is 7.94. The van der Waals surface area contributed by atoms with Crippen LogP contribution in [-0.2, 0) is 0 Å². The molecular weight excluding hydrogens is 343 g/mol. The number of benzene rings is 2. The molecule has 0 aliphatic heterocycles. The van der Waals surface area contributed by atoms with Gasteiger partial charge in [0.1, 0.15) is 5.82 Å². The third-order valence-electron chi connectivity index (χ3n) is 3.03. The van der Waals surface area contributed by atoms with Crippen molar-refractivity contribution in [2.45, 2.75) is 4.90 Å². The molecule has 0 aliphatic rings. The number of carbonyl (C=O) groups excluding carboxylic acids is 1. The topological polar surface area (TPSA) is 72.2 Å². The maximum absolute atomic E-state index is 12.9. The second kappa shape index (κ2) is 8.66. The van der Waals surface area contributed by atoms with E-state index in [1.54, 1.807) is 0 Å². The summed E-state index contributed by atoms with van der Waals surface area (Å²) in [5.41, 5.74) is 0.600. The molecule has 2 aromatic carbocycles. The lowest BCUT2D eigenvalue weighted by molar-refractivity contribution is -0.384. The molecule has 0 atom stereocenters. The zero-order valence-corrected chi connectivity index (χ0v) is 13.8. The summed E-state index contributed by atoms with van der Waals surface area (Å²) in [6.45, 7) is 3.75. The molecule has 2 rings (SSSR count). The molecule has 5 nitrogen and oxygen atoms in total. The number of nitro benzene ring substituents is 1. The van der Waals surface area contributed by atoms with Crippen LogP contribution in [0.3, 0.4) is 0 Å². The zero-order chi connectivity index (χ0) is 18.2. The maximum Gasteiger partial charge on any atom is 0.270 e. The fraction of sp³-hybridized carbons (Fsp3) is 0.0556. The molecule has 126 valence electrons. The third-order valence-corrected chi connectivity index (χ3v) is 3.81. The van der Waals surface area contributed by atoms with Gasteiger partial charge in [-0.3, -0.25) is 14.9 Å². The van der Waals surface area contributed by atoms with Crippen molar-refractivity contribution in [3.8, 4) is 11.2 Å². The quantitative estimate of drug-likeness (QED) is 0.291. The molecule has 0 bridgehead atoms. The van der Waals surface area contributed by atoms with Crippen LogP contribution in [0, 0.1) is 27.1 Å². The Balaban J connectivity index is 2.26. The van der Waals surface area contributed by atoms with Crippen LogP contribution >= 0.6 is 11.8 Å². The van der Waals surface area contributed by atoms with Crippen LogP contribution in [0.4, 0.5) is 10.1 Å². The van der Waals surface area contributed by atoms with Crippen molar-refractivity contribution in [3.63, 3.8) is 0 Å². The van der Waals surface area contributed by atoms with Gasteiger partial charge in [0.2, 0.25) is 0 Å². The number of nitrogens with one attached hydrogen (secondary N) is 1. The lowest BCUT2D eigenvalue weighted by Gasteiger charge is -2.06. The van der Waals surface area contributed by atoms with Gasteiger partial charge in [0.05, 0.1) is 10.5 Å². The summed E-state index contributed by atoms with van der Waals surface area (Å²) in [5, 5.41) is 16.3. The van der Waals surface area contributed by atoms with E-state index in [1.165, 1.54) is 48.5 Å². The highest BCUT2D eigenvalue weighted by Gasteiger charge is 2.16. The van der Waals surface area contributed by atoms with Crippen LogP contribution in [0.2, 0.25) is 0 Å². The molecule has 1 amide bonds. The molecule has 1 N–H and O–H groups in total. The summed E-state index contributed by atoms with van der Waals surface area (Å²) in [5.74, 6) is 2.03. The number of rotatable bonds is 5. The number of thioether (sulfide) groups is 1. The van der Waals surface area contributed by atoms with Crippen molar-refractivity contribution < 1.29 is 14.1 Å². The van der Waals surface area contributed by atoms with Gasteiger partial charge >= 0.3 is 0 Å². The Bertz CT molecular complexity index is 870. The summed E-state index contributed by atoms with van der Waals surface area (Å²) in [4.78, 5) is 23.0. The predicted octanol–water partition coefficient (Wildman–Crippen LogP) is 3.75. The Morgan fingerprint density at radius 1 is 1.32 bits per heavy atom. The van der Waals surface area contributed by atoms with Crippen molar-refractivity contribution in [3.05, 3.63) is 82.2 Å². The van der Waals surface area contributed by atoms with E-state index in [1.807, 2.05) is 0 Å². The van der Waals surface area contributed by atoms with Crippen LogP contribution in [0.5, 0.6) is 0 Å². The van der Waals surface area contributed by atoms with Gasteiger partial charge in [0.25, 0.3) is 11.6 Å². The summed E-state index contributed by atoms with van der Waals surface area (Å²) in [6, 6.07) is 9.67. The SMILES string of the molecule is C=CCNC(=O)c1cc([N+](=O)[O-])ccc1SC#Cc1ccc(F)cc1. The predicted molar refractivity (Wildman–Crippen MR) is 94.8 cm³/mol. The Morgan fingerprint density at radius 2 is 2.04 bits per heavy atom. The number of nitrogens with zero attached hydrogens (tertiary/aromatic N) is 1. The number of nitro groups is 1. The van der Waals surface area contributed by atoms with Crippen molar-refractivity contribution in [1.82, 2.24) is 5.32 Å². The van der Waals surface area contributed by atoms with Gasteiger partial charge in [-0.25, -0.2) is 4.39 Å². The van der Waals surface area contributed by atoms with E-state index in [0.717, 1.165) is 11.8 Å². The van der Waals surface area contributed by atoms with Crippen LogP contribution in [0.15, 0.2) is 60.0 Å². The molecule has 0 saturated heterocycles. The summed E-state index contributed by atoms with van der Waals surface area (Å²) in [7, 11) is 0. The molecule has 0 heterocycles. The minimum Gasteiger partial charge on any atom is -0.349 e. The molecule has 0 unspecified atom stereocenters. The summed E-state index contributed by atoms with van der Waals surface area (Å²) in [6.07, 6.45) is 1.51. The monoisotopic (exact) mass is 356 g/mol. The van der Waals surface area contributed by atoms with Crippen LogP contribution < -0.4 is 5.32 Å². The molecular formula is C18H13FN2O3S. The molecule has 0 fully saturated rings. The Kier molecular flexibility index (Phi) is 6.32. The van der Waals surface area contributed by atoms with Crippen molar-refractivity contribution >= 4 is 23.4 Å². The van der Waals surface area contributed by atoms with E-state index in [0.29, 0.717) is 10.5 Å². The van der Waals surface area contributed by atoms with Gasteiger partial charge in [-0.05, 0) is 47.3 Å². The third kappa shape index (κ3) is 5.19. The zero-order valence-electron chi connectivity index (χ0n) is 13.0. The highest BCUT2D eigenvalue weighted by molar-refractivity contribution is 8.04. The highest BCUT2D eigenvalue weighted by atomic mass is 32.2. The first-order valence-electron chi connectivity index (χ1n) is 7.12. The fourth-order valence-electron chi connectivity index (χ4n) is 1.83. The highest BCUT2D eigenvalue weighted by Crippen LogP contribution is 2.26. The molecule has 2 aromatic rings. The van der Waals surface area contributed by atoms with Crippen LogP contribution in [0.1, 0.15) is 15.9 Å². The summed E-state index contributed by atoms with van der Waals surface area (Å²) < 4.78 is 12.9. The van der Waals surface area contributed by atoms with E-state index in [9.17, 15) is 19.3 Å². The standard InChI is InChI=1S/C18H13FN2O3S/c1-2-10-20-18(22)16-12-15(21(23)24)7-8-17(16)25-11-9-13-3-5-14(19)6-4-13/h2-8,12H,1,10H2,(H,20,22). The van der Waals surface area contributed by atoms with E-state index in [4.69, 9.17) is 0 Å². The fourth-order valence-corrected chi connectivity index (χ4v) is 2.51. The molecule has 0 aromatic heterocycles. The maximum atomic E-state index is 12.9. The Morgan fingerprint density at radius 3 is 2.68 bits per heavy atom. The van der Waals surface area contributed by atoms with Crippen molar-refractivity contribution in [2.24, 2.45) is 0 Å². The Labute approximate surface area is 148 Å². The second-order valence-corrected chi connectivity index (χ2v) is 5.62. The second-order valence-electron chi connectivity index (χ2n) is 4.77. The van der Waals surface area contributed by atoms with Gasteiger partial charge in [-0.1, -0.05) is 12.0 Å². The van der Waals surface area contributed by atoms with Gasteiger partial charge in [-0.15, -0.1) is 6.58 Å². The van der Waals surface area contributed by atoms with Crippen LogP contribution in [0.25, 0.3) is 0 Å². The lowest BCUT2D eigenvalue weighted by atomic mass is 10.2. The average Bonchev–Trinajstić information content (AvgIpc) is 2.61. The number of amides is 1. The van der Waals surface area contributed by atoms with Crippen molar-refractivity contribution in [2.75, 3.05) is 6.54 Å². The molecule has 7 heteroatoms.